The fraction of sp³-hybridized carbons (Fsp3) is 0.400. The largest absolute Gasteiger partial charge is 0.416 e. The first kappa shape index (κ1) is 18.9. The minimum Gasteiger partial charge on any atom is -0.394 e. The van der Waals surface area contributed by atoms with Crippen LogP contribution in [0.15, 0.2) is 12.1 Å². The molecule has 0 spiro atoms. The lowest BCUT2D eigenvalue weighted by molar-refractivity contribution is -0.144. The Bertz CT molecular complexity index is 472. The molecule has 0 heterocycles. The maximum absolute atomic E-state index is 13.4. The summed E-state index contributed by atoms with van der Waals surface area (Å²) >= 11 is 0. The first-order chi connectivity index (χ1) is 8.48. The fourth-order valence-corrected chi connectivity index (χ4v) is 1.48. The van der Waals surface area contributed by atoms with E-state index in [0.29, 0.717) is 0 Å². The zero-order chi connectivity index (χ0) is 15.0. The molecule has 0 aliphatic carbocycles. The molecule has 10 heteroatoms. The summed E-state index contributed by atoms with van der Waals surface area (Å²) in [5, 5.41) is 8.65. The number of alkyl halides is 6. The summed E-state index contributed by atoms with van der Waals surface area (Å²) in [5.74, 6) is -1.76. The van der Waals surface area contributed by atoms with Crippen LogP contribution in [-0.2, 0) is 12.4 Å². The number of aliphatic hydroxyl groups excluding tert-OH is 1. The van der Waals surface area contributed by atoms with Crippen LogP contribution in [0.3, 0.4) is 0 Å². The molecule has 1 aromatic rings. The number of rotatable bonds is 2. The number of aliphatic hydroxyl groups is 1. The number of nitrogens with two attached hydrogens (primary N) is 1. The minimum atomic E-state index is -5.22. The highest BCUT2D eigenvalue weighted by Gasteiger charge is 2.40. The van der Waals surface area contributed by atoms with Gasteiger partial charge in [0.05, 0.1) is 23.8 Å². The number of benzene rings is 1. The van der Waals surface area contributed by atoms with E-state index in [2.05, 4.69) is 0 Å². The summed E-state index contributed by atoms with van der Waals surface area (Å²) < 4.78 is 88.3. The zero-order valence-electron chi connectivity index (χ0n) is 9.52. The Morgan fingerprint density at radius 2 is 1.55 bits per heavy atom. The highest BCUT2D eigenvalue weighted by atomic mass is 35.5. The molecule has 20 heavy (non-hydrogen) atoms. The van der Waals surface area contributed by atoms with Gasteiger partial charge in [-0.2, -0.15) is 26.3 Å². The predicted octanol–water partition coefficient (Wildman–Crippen LogP) is 3.28. The van der Waals surface area contributed by atoms with Crippen LogP contribution < -0.4 is 5.73 Å². The molecule has 1 aromatic carbocycles. The second-order valence-corrected chi connectivity index (χ2v) is 3.70. The highest BCUT2D eigenvalue weighted by molar-refractivity contribution is 5.85. The molecule has 0 fully saturated rings. The molecule has 2 nitrogen and oxygen atoms in total. The van der Waals surface area contributed by atoms with E-state index < -0.39 is 47.5 Å². The minimum absolute atomic E-state index is 0. The first-order valence-corrected chi connectivity index (χ1v) is 4.82. The van der Waals surface area contributed by atoms with Crippen molar-refractivity contribution < 1.29 is 35.8 Å². The third-order valence-electron chi connectivity index (χ3n) is 2.33. The van der Waals surface area contributed by atoms with Crippen LogP contribution in [0.4, 0.5) is 30.7 Å². The normalized spacial score (nSPS) is 13.8. The third kappa shape index (κ3) is 3.97. The topological polar surface area (TPSA) is 46.2 Å². The Morgan fingerprint density at radius 3 is 1.90 bits per heavy atom. The van der Waals surface area contributed by atoms with Crippen LogP contribution in [0.1, 0.15) is 22.7 Å². The predicted molar refractivity (Wildman–Crippen MR) is 57.7 cm³/mol. The number of halogens is 8. The molecule has 0 aliphatic heterocycles. The molecular weight excluding hydrogens is 319 g/mol. The SMILES string of the molecule is Cl.N[C@H](CO)c1c(F)cc(C(F)(F)F)cc1C(F)(F)F. The number of hydrogen-bond donors (Lipinski definition) is 2. The van der Waals surface area contributed by atoms with Crippen molar-refractivity contribution in [1.82, 2.24) is 0 Å². The Morgan fingerprint density at radius 1 is 1.05 bits per heavy atom. The second-order valence-electron chi connectivity index (χ2n) is 3.70. The summed E-state index contributed by atoms with van der Waals surface area (Å²) in [4.78, 5) is 0. The van der Waals surface area contributed by atoms with Gasteiger partial charge in [0.15, 0.2) is 0 Å². The van der Waals surface area contributed by atoms with Crippen molar-refractivity contribution in [3.05, 3.63) is 34.6 Å². The molecule has 0 aliphatic rings. The lowest BCUT2D eigenvalue weighted by Gasteiger charge is -2.19. The Kier molecular flexibility index (Phi) is 5.82. The van der Waals surface area contributed by atoms with E-state index in [1.807, 2.05) is 0 Å². The van der Waals surface area contributed by atoms with Gasteiger partial charge < -0.3 is 10.8 Å². The molecule has 0 radical (unpaired) electrons. The van der Waals surface area contributed by atoms with Crippen molar-refractivity contribution >= 4 is 12.4 Å². The van der Waals surface area contributed by atoms with E-state index in [-0.39, 0.29) is 24.5 Å². The monoisotopic (exact) mass is 327 g/mol. The summed E-state index contributed by atoms with van der Waals surface area (Å²) in [6, 6.07) is -2.08. The molecule has 0 bridgehead atoms. The van der Waals surface area contributed by atoms with Crippen LogP contribution in [0, 0.1) is 5.82 Å². The second kappa shape index (κ2) is 6.15. The van der Waals surface area contributed by atoms with Gasteiger partial charge in [-0.1, -0.05) is 0 Å². The number of hydrogen-bond acceptors (Lipinski definition) is 2. The zero-order valence-corrected chi connectivity index (χ0v) is 10.3. The van der Waals surface area contributed by atoms with E-state index >= 15 is 0 Å². The van der Waals surface area contributed by atoms with Gasteiger partial charge in [-0.15, -0.1) is 12.4 Å². The molecule has 0 amide bonds. The molecule has 3 N–H and O–H groups in total. The van der Waals surface area contributed by atoms with Crippen LogP contribution >= 0.6 is 12.4 Å². The lowest BCUT2D eigenvalue weighted by atomic mass is 9.97. The fourth-order valence-electron chi connectivity index (χ4n) is 1.48. The molecule has 0 aromatic heterocycles. The van der Waals surface area contributed by atoms with Gasteiger partial charge in [0.2, 0.25) is 0 Å². The average Bonchev–Trinajstić information content (AvgIpc) is 2.24. The van der Waals surface area contributed by atoms with Gasteiger partial charge in [0, 0.05) is 5.56 Å². The molecule has 116 valence electrons. The van der Waals surface area contributed by atoms with E-state index in [0.717, 1.165) is 0 Å². The molecule has 0 unspecified atom stereocenters. The van der Waals surface area contributed by atoms with Gasteiger partial charge in [-0.3, -0.25) is 0 Å². The maximum Gasteiger partial charge on any atom is 0.416 e. The summed E-state index contributed by atoms with van der Waals surface area (Å²) in [6.45, 7) is -1.04. The van der Waals surface area contributed by atoms with Crippen molar-refractivity contribution in [1.29, 1.82) is 0 Å². The maximum atomic E-state index is 13.4. The van der Waals surface area contributed by atoms with Crippen molar-refractivity contribution in [3.8, 4) is 0 Å². The van der Waals surface area contributed by atoms with E-state index in [4.69, 9.17) is 10.8 Å². The third-order valence-corrected chi connectivity index (χ3v) is 2.33. The van der Waals surface area contributed by atoms with E-state index in [1.54, 1.807) is 0 Å². The van der Waals surface area contributed by atoms with Crippen molar-refractivity contribution in [2.75, 3.05) is 6.61 Å². The van der Waals surface area contributed by atoms with Crippen LogP contribution in [-0.4, -0.2) is 11.7 Å². The first-order valence-electron chi connectivity index (χ1n) is 4.82. The Labute approximate surface area is 114 Å². The highest BCUT2D eigenvalue weighted by Crippen LogP contribution is 2.39. The van der Waals surface area contributed by atoms with Crippen molar-refractivity contribution in [2.24, 2.45) is 5.73 Å². The smallest absolute Gasteiger partial charge is 0.394 e. The summed E-state index contributed by atoms with van der Waals surface area (Å²) in [5.41, 5.74) is 0.271. The van der Waals surface area contributed by atoms with Crippen LogP contribution in [0.5, 0.6) is 0 Å². The Balaban J connectivity index is 0.00000361. The summed E-state index contributed by atoms with van der Waals surface area (Å²) in [7, 11) is 0. The lowest BCUT2D eigenvalue weighted by Crippen LogP contribution is -2.23. The van der Waals surface area contributed by atoms with Gasteiger partial charge >= 0.3 is 12.4 Å². The van der Waals surface area contributed by atoms with Gasteiger partial charge in [0.25, 0.3) is 0 Å². The van der Waals surface area contributed by atoms with Crippen LogP contribution in [0.2, 0.25) is 0 Å². The molecular formula is C10H9ClF7NO. The van der Waals surface area contributed by atoms with E-state index in [9.17, 15) is 30.7 Å². The Hall–Kier alpha value is -1.06. The van der Waals surface area contributed by atoms with Gasteiger partial charge in [-0.05, 0) is 12.1 Å². The van der Waals surface area contributed by atoms with E-state index in [1.165, 1.54) is 0 Å². The van der Waals surface area contributed by atoms with Gasteiger partial charge in [0.1, 0.15) is 5.82 Å². The average molecular weight is 328 g/mol. The standard InChI is InChI=1S/C10H8F7NO.ClH/c11-6-2-4(9(12,13)14)1-5(10(15,16)17)8(6)7(18)3-19;/h1-2,7,19H,3,18H2;1H/t7-;/m1./s1. The summed E-state index contributed by atoms with van der Waals surface area (Å²) in [6.07, 6.45) is -10.3. The molecule has 0 saturated heterocycles. The molecule has 1 rings (SSSR count). The van der Waals surface area contributed by atoms with Gasteiger partial charge in [-0.25, -0.2) is 4.39 Å². The van der Waals surface area contributed by atoms with Crippen molar-refractivity contribution in [3.63, 3.8) is 0 Å². The molecule has 1 atom stereocenters. The molecule has 0 saturated carbocycles. The van der Waals surface area contributed by atoms with Crippen molar-refractivity contribution in [2.45, 2.75) is 18.4 Å². The van der Waals surface area contributed by atoms with Crippen LogP contribution in [0.25, 0.3) is 0 Å². The quantitative estimate of drug-likeness (QED) is 0.819.